The average molecular weight is 563 g/mol. The summed E-state index contributed by atoms with van der Waals surface area (Å²) in [7, 11) is -1.60. The second kappa shape index (κ2) is 10.8. The molecule has 1 saturated heterocycles. The van der Waals surface area contributed by atoms with E-state index < -0.39 is 27.5 Å². The number of alkyl halides is 3. The predicted molar refractivity (Wildman–Crippen MR) is 129 cm³/mol. The molecule has 0 saturated carbocycles. The Kier molecular flexibility index (Phi) is 7.90. The van der Waals surface area contributed by atoms with Gasteiger partial charge in [-0.05, 0) is 29.3 Å². The van der Waals surface area contributed by atoms with Gasteiger partial charge in [0.2, 0.25) is 11.2 Å². The van der Waals surface area contributed by atoms with Crippen molar-refractivity contribution in [2.45, 2.75) is 12.8 Å². The highest BCUT2D eigenvalue weighted by molar-refractivity contribution is 7.91. The first kappa shape index (κ1) is 27.1. The second-order valence-electron chi connectivity index (χ2n) is 8.44. The first-order valence-corrected chi connectivity index (χ1v) is 13.3. The Labute approximate surface area is 215 Å². The van der Waals surface area contributed by atoms with E-state index in [2.05, 4.69) is 20.3 Å². The maximum Gasteiger partial charge on any atom is 0.434 e. The summed E-state index contributed by atoms with van der Waals surface area (Å²) in [6.45, 7) is 1.88. The summed E-state index contributed by atoms with van der Waals surface area (Å²) >= 11 is 5.90. The van der Waals surface area contributed by atoms with Crippen LogP contribution in [0.25, 0.3) is 11.4 Å². The first-order valence-electron chi connectivity index (χ1n) is 11.1. The number of aromatic nitrogens is 4. The van der Waals surface area contributed by atoms with Gasteiger partial charge in [-0.3, -0.25) is 4.90 Å². The van der Waals surface area contributed by atoms with E-state index in [9.17, 15) is 26.0 Å². The van der Waals surface area contributed by atoms with Crippen LogP contribution in [0.4, 0.5) is 23.2 Å². The van der Waals surface area contributed by atoms with Crippen molar-refractivity contribution in [3.05, 3.63) is 53.0 Å². The second-order valence-corrected chi connectivity index (χ2v) is 11.1. The summed E-state index contributed by atoms with van der Waals surface area (Å²) in [5.41, 5.74) is -0.344. The van der Waals surface area contributed by atoms with Crippen molar-refractivity contribution in [1.82, 2.24) is 24.4 Å². The quantitative estimate of drug-likeness (QED) is 0.329. The zero-order valence-electron chi connectivity index (χ0n) is 19.6. The molecule has 2 aromatic heterocycles. The molecule has 0 radical (unpaired) electrons. The SMILES string of the molecule is Cn1cc(C(F)(F)F)nc1-c1ccc(COc2nc(Cl)ncc2NCCN2CCS(=O)(=O)CC2)cc1F. The molecule has 4 rings (SSSR count). The molecule has 0 amide bonds. The summed E-state index contributed by atoms with van der Waals surface area (Å²) in [6.07, 6.45) is -2.40. The number of sulfone groups is 1. The molecular weight excluding hydrogens is 540 g/mol. The van der Waals surface area contributed by atoms with Gasteiger partial charge >= 0.3 is 6.18 Å². The fourth-order valence-corrected chi connectivity index (χ4v) is 5.14. The van der Waals surface area contributed by atoms with Gasteiger partial charge in [-0.2, -0.15) is 18.2 Å². The molecular formula is C22H23ClF4N6O3S. The Morgan fingerprint density at radius 2 is 1.92 bits per heavy atom. The Morgan fingerprint density at radius 3 is 2.57 bits per heavy atom. The van der Waals surface area contributed by atoms with E-state index in [1.807, 2.05) is 4.90 Å². The van der Waals surface area contributed by atoms with E-state index in [4.69, 9.17) is 16.3 Å². The van der Waals surface area contributed by atoms with Gasteiger partial charge in [0.1, 0.15) is 23.9 Å². The van der Waals surface area contributed by atoms with Crippen LogP contribution in [0.2, 0.25) is 5.28 Å². The van der Waals surface area contributed by atoms with Crippen molar-refractivity contribution in [3.63, 3.8) is 0 Å². The van der Waals surface area contributed by atoms with Crippen LogP contribution in [0, 0.1) is 5.82 Å². The number of aryl methyl sites for hydroxylation is 1. The Hall–Kier alpha value is -2.97. The Balaban J connectivity index is 1.40. The molecule has 0 spiro atoms. The zero-order chi connectivity index (χ0) is 26.8. The molecule has 0 atom stereocenters. The summed E-state index contributed by atoms with van der Waals surface area (Å²) in [4.78, 5) is 13.5. The fraction of sp³-hybridized carbons (Fsp3) is 0.409. The molecule has 37 heavy (non-hydrogen) atoms. The van der Waals surface area contributed by atoms with Gasteiger partial charge in [0.05, 0.1) is 23.3 Å². The van der Waals surface area contributed by atoms with Crippen molar-refractivity contribution >= 4 is 27.1 Å². The summed E-state index contributed by atoms with van der Waals surface area (Å²) in [6, 6.07) is 4.00. The van der Waals surface area contributed by atoms with Crippen molar-refractivity contribution in [3.8, 4) is 17.3 Å². The van der Waals surface area contributed by atoms with Gasteiger partial charge in [0.15, 0.2) is 15.5 Å². The van der Waals surface area contributed by atoms with Crippen LogP contribution in [-0.4, -0.2) is 70.5 Å². The number of rotatable bonds is 8. The molecule has 0 aliphatic carbocycles. The van der Waals surface area contributed by atoms with Crippen LogP contribution in [0.15, 0.2) is 30.6 Å². The number of anilines is 1. The van der Waals surface area contributed by atoms with Crippen LogP contribution in [0.3, 0.4) is 0 Å². The lowest BCUT2D eigenvalue weighted by atomic mass is 10.1. The molecule has 1 fully saturated rings. The van der Waals surface area contributed by atoms with E-state index in [0.717, 1.165) is 16.8 Å². The molecule has 1 N–H and O–H groups in total. The maximum atomic E-state index is 14.8. The monoisotopic (exact) mass is 562 g/mol. The van der Waals surface area contributed by atoms with Crippen LogP contribution >= 0.6 is 11.6 Å². The maximum absolute atomic E-state index is 14.8. The van der Waals surface area contributed by atoms with E-state index >= 15 is 0 Å². The smallest absolute Gasteiger partial charge is 0.434 e. The number of imidazole rings is 1. The average Bonchev–Trinajstić information content (AvgIpc) is 3.22. The van der Waals surface area contributed by atoms with Crippen LogP contribution < -0.4 is 10.1 Å². The zero-order valence-corrected chi connectivity index (χ0v) is 21.2. The predicted octanol–water partition coefficient (Wildman–Crippen LogP) is 3.41. The van der Waals surface area contributed by atoms with E-state index in [1.54, 1.807) is 0 Å². The van der Waals surface area contributed by atoms with E-state index in [-0.39, 0.29) is 40.7 Å². The molecule has 9 nitrogen and oxygen atoms in total. The van der Waals surface area contributed by atoms with Crippen molar-refractivity contribution < 1.29 is 30.7 Å². The summed E-state index contributed by atoms with van der Waals surface area (Å²) < 4.78 is 83.6. The minimum atomic E-state index is -4.64. The normalized spacial score (nSPS) is 16.1. The third-order valence-electron chi connectivity index (χ3n) is 5.72. The standard InChI is InChI=1S/C22H23ClF4N6O3S/c1-32-12-18(22(25,26)27)30-19(32)15-3-2-14(10-16(15)24)13-36-20-17(11-29-21(23)31-20)28-4-5-33-6-8-37(34,35)9-7-33/h2-3,10-12,28H,4-9,13H2,1H3. The molecule has 200 valence electrons. The lowest BCUT2D eigenvalue weighted by Crippen LogP contribution is -2.42. The van der Waals surface area contributed by atoms with Gasteiger partial charge in [0.25, 0.3) is 0 Å². The largest absolute Gasteiger partial charge is 0.471 e. The molecule has 1 aliphatic heterocycles. The van der Waals surface area contributed by atoms with Gasteiger partial charge in [-0.25, -0.2) is 22.8 Å². The first-order chi connectivity index (χ1) is 17.4. The number of hydrogen-bond acceptors (Lipinski definition) is 8. The van der Waals surface area contributed by atoms with Crippen LogP contribution in [-0.2, 0) is 29.7 Å². The number of nitrogens with zero attached hydrogens (tertiary/aromatic N) is 5. The fourth-order valence-electron chi connectivity index (χ4n) is 3.73. The number of benzene rings is 1. The Bertz CT molecular complexity index is 1370. The van der Waals surface area contributed by atoms with Crippen LogP contribution in [0.5, 0.6) is 5.88 Å². The molecule has 0 bridgehead atoms. The number of halogens is 5. The molecule has 15 heteroatoms. The van der Waals surface area contributed by atoms with Gasteiger partial charge in [-0.1, -0.05) is 6.07 Å². The van der Waals surface area contributed by atoms with Gasteiger partial charge in [-0.15, -0.1) is 0 Å². The molecule has 3 heterocycles. The number of hydrogen-bond donors (Lipinski definition) is 1. The molecule has 1 aliphatic rings. The highest BCUT2D eigenvalue weighted by Gasteiger charge is 2.34. The molecule has 3 aromatic rings. The van der Waals surface area contributed by atoms with E-state index in [1.165, 1.54) is 25.4 Å². The van der Waals surface area contributed by atoms with Crippen molar-refractivity contribution in [2.75, 3.05) is 43.0 Å². The highest BCUT2D eigenvalue weighted by Crippen LogP contribution is 2.32. The highest BCUT2D eigenvalue weighted by atomic mass is 35.5. The summed E-state index contributed by atoms with van der Waals surface area (Å²) in [5, 5.41) is 3.07. The third-order valence-corrected chi connectivity index (χ3v) is 7.51. The lowest BCUT2D eigenvalue weighted by Gasteiger charge is -2.26. The topological polar surface area (TPSA) is 102 Å². The van der Waals surface area contributed by atoms with Crippen LogP contribution in [0.1, 0.15) is 11.3 Å². The minimum absolute atomic E-state index is 0.0569. The molecule has 0 unspecified atom stereocenters. The minimum Gasteiger partial charge on any atom is -0.471 e. The van der Waals surface area contributed by atoms with Crippen molar-refractivity contribution in [1.29, 1.82) is 0 Å². The number of ether oxygens (including phenoxy) is 1. The molecule has 1 aromatic carbocycles. The van der Waals surface area contributed by atoms with Gasteiger partial charge < -0.3 is 14.6 Å². The van der Waals surface area contributed by atoms with E-state index in [0.29, 0.717) is 37.4 Å². The Morgan fingerprint density at radius 1 is 1.19 bits per heavy atom. The number of nitrogens with one attached hydrogen (secondary N) is 1. The van der Waals surface area contributed by atoms with Crippen molar-refractivity contribution in [2.24, 2.45) is 7.05 Å². The van der Waals surface area contributed by atoms with Gasteiger partial charge in [0, 0.05) is 39.4 Å². The third kappa shape index (κ3) is 6.87. The lowest BCUT2D eigenvalue weighted by molar-refractivity contribution is -0.140. The summed E-state index contributed by atoms with van der Waals surface area (Å²) in [5.74, 6) is -0.525.